The summed E-state index contributed by atoms with van der Waals surface area (Å²) in [7, 11) is 0. The maximum atomic E-state index is 12.4. The molecular formula is C16H25NO2. The molecule has 0 bridgehead atoms. The topological polar surface area (TPSA) is 40.5 Å². The first-order chi connectivity index (χ1) is 9.10. The van der Waals surface area contributed by atoms with Crippen LogP contribution in [0.5, 0.6) is 5.75 Å². The molecule has 1 aromatic rings. The van der Waals surface area contributed by atoms with E-state index in [9.17, 15) is 9.90 Å². The van der Waals surface area contributed by atoms with Crippen molar-refractivity contribution < 1.29 is 9.90 Å². The lowest BCUT2D eigenvalue weighted by Gasteiger charge is -2.22. The van der Waals surface area contributed by atoms with Gasteiger partial charge in [-0.15, -0.1) is 0 Å². The molecule has 1 aromatic carbocycles. The number of aryl methyl sites for hydroxylation is 1. The second kappa shape index (κ2) is 7.82. The van der Waals surface area contributed by atoms with Crippen molar-refractivity contribution in [2.45, 2.75) is 46.5 Å². The van der Waals surface area contributed by atoms with Crippen LogP contribution in [0.2, 0.25) is 0 Å². The van der Waals surface area contributed by atoms with E-state index in [-0.39, 0.29) is 11.7 Å². The van der Waals surface area contributed by atoms with Crippen LogP contribution in [0.1, 0.15) is 55.5 Å². The highest BCUT2D eigenvalue weighted by molar-refractivity contribution is 5.94. The van der Waals surface area contributed by atoms with E-state index in [0.29, 0.717) is 5.56 Å². The Kier molecular flexibility index (Phi) is 6.40. The highest BCUT2D eigenvalue weighted by Gasteiger charge is 2.15. The van der Waals surface area contributed by atoms with Crippen molar-refractivity contribution >= 4 is 5.91 Å². The van der Waals surface area contributed by atoms with Crippen molar-refractivity contribution in [3.63, 3.8) is 0 Å². The number of aromatic hydroxyl groups is 1. The zero-order valence-corrected chi connectivity index (χ0v) is 12.3. The first kappa shape index (κ1) is 15.5. The lowest BCUT2D eigenvalue weighted by molar-refractivity contribution is 0.0750. The van der Waals surface area contributed by atoms with Crippen LogP contribution in [0.4, 0.5) is 0 Å². The summed E-state index contributed by atoms with van der Waals surface area (Å²) < 4.78 is 0. The molecule has 1 amide bonds. The van der Waals surface area contributed by atoms with E-state index in [1.165, 1.54) is 0 Å². The van der Waals surface area contributed by atoms with Crippen molar-refractivity contribution in [3.05, 3.63) is 29.3 Å². The van der Waals surface area contributed by atoms with Gasteiger partial charge in [0.05, 0.1) is 0 Å². The van der Waals surface area contributed by atoms with Crippen molar-refractivity contribution in [2.75, 3.05) is 13.1 Å². The predicted octanol–water partition coefficient (Wildman–Crippen LogP) is 3.74. The first-order valence-corrected chi connectivity index (χ1v) is 7.19. The van der Waals surface area contributed by atoms with Gasteiger partial charge in [0, 0.05) is 18.7 Å². The molecule has 0 aliphatic carbocycles. The maximum absolute atomic E-state index is 12.4. The molecule has 3 nitrogen and oxygen atoms in total. The minimum Gasteiger partial charge on any atom is -0.508 e. The van der Waals surface area contributed by atoms with Crippen LogP contribution >= 0.6 is 0 Å². The minimum absolute atomic E-state index is 0.0252. The highest BCUT2D eigenvalue weighted by atomic mass is 16.3. The fourth-order valence-electron chi connectivity index (χ4n) is 1.94. The number of unbranched alkanes of at least 4 members (excludes halogenated alkanes) is 2. The van der Waals surface area contributed by atoms with Gasteiger partial charge < -0.3 is 10.0 Å². The number of nitrogens with zero attached hydrogens (tertiary/aromatic N) is 1. The normalized spacial score (nSPS) is 10.5. The minimum atomic E-state index is 0.0252. The van der Waals surface area contributed by atoms with Gasteiger partial charge in [0.1, 0.15) is 5.75 Å². The van der Waals surface area contributed by atoms with E-state index in [0.717, 1.165) is 44.3 Å². The van der Waals surface area contributed by atoms with Crippen LogP contribution < -0.4 is 0 Å². The molecule has 0 saturated carbocycles. The van der Waals surface area contributed by atoms with E-state index >= 15 is 0 Å². The third kappa shape index (κ3) is 4.58. The molecular weight excluding hydrogens is 238 g/mol. The highest BCUT2D eigenvalue weighted by Crippen LogP contribution is 2.19. The average Bonchev–Trinajstić information content (AvgIpc) is 2.41. The van der Waals surface area contributed by atoms with Crippen LogP contribution in [-0.4, -0.2) is 29.0 Å². The zero-order chi connectivity index (χ0) is 14.3. The molecule has 1 N–H and O–H groups in total. The second-order valence-corrected chi connectivity index (χ2v) is 5.00. The molecule has 19 heavy (non-hydrogen) atoms. The van der Waals surface area contributed by atoms with Crippen molar-refractivity contribution in [3.8, 4) is 5.75 Å². The van der Waals surface area contributed by atoms with Crippen LogP contribution in [0.25, 0.3) is 0 Å². The molecule has 1 rings (SSSR count). The molecule has 0 aliphatic heterocycles. The number of carbonyl (C=O) groups excluding carboxylic acids is 1. The number of benzene rings is 1. The Labute approximate surface area is 116 Å². The van der Waals surface area contributed by atoms with E-state index in [4.69, 9.17) is 0 Å². The number of carbonyl (C=O) groups is 1. The molecule has 0 spiro atoms. The van der Waals surface area contributed by atoms with Crippen molar-refractivity contribution in [2.24, 2.45) is 0 Å². The number of phenols is 1. The third-order valence-electron chi connectivity index (χ3n) is 3.31. The zero-order valence-electron chi connectivity index (χ0n) is 12.3. The molecule has 106 valence electrons. The summed E-state index contributed by atoms with van der Waals surface area (Å²) in [5, 5.41) is 9.71. The Hall–Kier alpha value is -1.51. The summed E-state index contributed by atoms with van der Waals surface area (Å²) >= 11 is 0. The Morgan fingerprint density at radius 2 is 1.74 bits per heavy atom. The Balaban J connectivity index is 2.81. The summed E-state index contributed by atoms with van der Waals surface area (Å²) in [6.45, 7) is 7.67. The summed E-state index contributed by atoms with van der Waals surface area (Å²) in [6, 6.07) is 5.16. The van der Waals surface area contributed by atoms with Gasteiger partial charge in [-0.3, -0.25) is 4.79 Å². The van der Waals surface area contributed by atoms with E-state index in [2.05, 4.69) is 13.8 Å². The fraction of sp³-hybridized carbons (Fsp3) is 0.562. The quantitative estimate of drug-likeness (QED) is 0.814. The lowest BCUT2D eigenvalue weighted by atomic mass is 10.1. The van der Waals surface area contributed by atoms with Gasteiger partial charge in [-0.05, 0) is 37.5 Å². The Bertz CT molecular complexity index is 407. The molecule has 0 heterocycles. The molecule has 0 unspecified atom stereocenters. The Morgan fingerprint density at radius 3 is 2.21 bits per heavy atom. The average molecular weight is 263 g/mol. The van der Waals surface area contributed by atoms with E-state index in [1.54, 1.807) is 18.2 Å². The molecule has 0 radical (unpaired) electrons. The van der Waals surface area contributed by atoms with Crippen molar-refractivity contribution in [1.29, 1.82) is 0 Å². The van der Waals surface area contributed by atoms with Crippen LogP contribution in [0, 0.1) is 6.92 Å². The van der Waals surface area contributed by atoms with Gasteiger partial charge in [-0.2, -0.15) is 0 Å². The van der Waals surface area contributed by atoms with Crippen molar-refractivity contribution in [1.82, 2.24) is 4.90 Å². The number of rotatable bonds is 7. The van der Waals surface area contributed by atoms with Gasteiger partial charge in [0.15, 0.2) is 0 Å². The first-order valence-electron chi connectivity index (χ1n) is 7.19. The summed E-state index contributed by atoms with van der Waals surface area (Å²) in [5.41, 5.74) is 1.38. The monoisotopic (exact) mass is 263 g/mol. The number of hydrogen-bond acceptors (Lipinski definition) is 2. The van der Waals surface area contributed by atoms with Gasteiger partial charge >= 0.3 is 0 Å². The van der Waals surface area contributed by atoms with Gasteiger partial charge in [-0.1, -0.05) is 32.8 Å². The predicted molar refractivity (Wildman–Crippen MR) is 78.6 cm³/mol. The second-order valence-electron chi connectivity index (χ2n) is 5.00. The third-order valence-corrected chi connectivity index (χ3v) is 3.31. The van der Waals surface area contributed by atoms with Crippen LogP contribution in [0.3, 0.4) is 0 Å². The molecule has 0 aliphatic rings. The molecule has 3 heteroatoms. The number of phenolic OH excluding ortho intramolecular Hbond substituents is 1. The number of hydrogen-bond donors (Lipinski definition) is 1. The fourth-order valence-corrected chi connectivity index (χ4v) is 1.94. The van der Waals surface area contributed by atoms with E-state index in [1.807, 2.05) is 11.8 Å². The summed E-state index contributed by atoms with van der Waals surface area (Å²) in [4.78, 5) is 14.3. The standard InChI is InChI=1S/C16H25NO2/c1-4-6-10-17(11-7-5-2)16(19)14-9-8-13(3)15(18)12-14/h8-9,12,18H,4-7,10-11H2,1-3H3. The SMILES string of the molecule is CCCCN(CCCC)C(=O)c1ccc(C)c(O)c1. The maximum Gasteiger partial charge on any atom is 0.253 e. The molecule has 0 fully saturated rings. The van der Waals surface area contributed by atoms with Gasteiger partial charge in [-0.25, -0.2) is 0 Å². The largest absolute Gasteiger partial charge is 0.508 e. The van der Waals surface area contributed by atoms with Crippen LogP contribution in [-0.2, 0) is 0 Å². The van der Waals surface area contributed by atoms with Gasteiger partial charge in [0.25, 0.3) is 5.91 Å². The van der Waals surface area contributed by atoms with Crippen LogP contribution in [0.15, 0.2) is 18.2 Å². The smallest absolute Gasteiger partial charge is 0.253 e. The summed E-state index contributed by atoms with van der Waals surface area (Å²) in [5.74, 6) is 0.217. The number of amides is 1. The lowest BCUT2D eigenvalue weighted by Crippen LogP contribution is -2.32. The summed E-state index contributed by atoms with van der Waals surface area (Å²) in [6.07, 6.45) is 4.20. The Morgan fingerprint density at radius 1 is 1.16 bits per heavy atom. The molecule has 0 atom stereocenters. The molecule has 0 aromatic heterocycles. The van der Waals surface area contributed by atoms with Gasteiger partial charge in [0.2, 0.25) is 0 Å². The van der Waals surface area contributed by atoms with E-state index < -0.39 is 0 Å². The molecule has 0 saturated heterocycles.